The van der Waals surface area contributed by atoms with E-state index in [1.165, 1.54) is 42.9 Å². The minimum atomic E-state index is -2.77. The van der Waals surface area contributed by atoms with Gasteiger partial charge in [-0.25, -0.2) is 19.8 Å². The van der Waals surface area contributed by atoms with Crippen molar-refractivity contribution in [2.45, 2.75) is 93.0 Å². The minimum Gasteiger partial charge on any atom is -0.508 e. The molecule has 11 N–H and O–H groups in total. The molecule has 4 aromatic rings. The number of amidine groups is 1. The van der Waals surface area contributed by atoms with Crippen molar-refractivity contribution >= 4 is 41.1 Å². The fourth-order valence-electron chi connectivity index (χ4n) is 10.5. The topological polar surface area (TPSA) is 325 Å². The monoisotopic (exact) mass is 984 g/mol. The molecule has 8 atom stereocenters. The fraction of sp³-hybridized carbons (Fsp3) is 0.346. The first-order valence-corrected chi connectivity index (χ1v) is 23.4. The van der Waals surface area contributed by atoms with Gasteiger partial charge in [-0.2, -0.15) is 0 Å². The van der Waals surface area contributed by atoms with Crippen LogP contribution in [0.2, 0.25) is 0 Å². The number of rotatable bonds is 15. The third kappa shape index (κ3) is 8.49. The predicted molar refractivity (Wildman–Crippen MR) is 260 cm³/mol. The van der Waals surface area contributed by atoms with Crippen LogP contribution >= 0.6 is 0 Å². The van der Waals surface area contributed by atoms with Gasteiger partial charge in [-0.05, 0) is 115 Å². The number of carboxylic acid groups (broad SMARTS) is 1. The Labute approximate surface area is 411 Å². The molecule has 5 heterocycles. The Morgan fingerprint density at radius 1 is 1.01 bits per heavy atom. The van der Waals surface area contributed by atoms with Gasteiger partial charge < -0.3 is 70.3 Å². The number of benzene rings is 3. The van der Waals surface area contributed by atoms with E-state index in [0.717, 1.165) is 5.56 Å². The highest BCUT2D eigenvalue weighted by Gasteiger charge is 2.71. The number of nitrogens with zero attached hydrogens (tertiary/aromatic N) is 4. The smallest absolute Gasteiger partial charge is 0.336 e. The summed E-state index contributed by atoms with van der Waals surface area (Å²) >= 11 is 0. The standard InChI is InChI=1S/C52H52N6O14/c1-2-26-16-30(19-31(59)17-26)50(12-3-4-13-50)72-45-39(21-38-42(44(45)62)35(60)20-37(69-38)28-5-7-32(8-6-28)68-24-36(61)33-9-10-40(53)58-33)70-49-51(66)22-29(15-27-11-14-56-41(54)18-27)43(34-23-55-25-57-34)52(67,48(51)65)46(71-49)47(63)64/h5-11,14,16-22,25,36-37,43,46,48-49,53,59-62,65-67H,2-4,12-13,15,23-24H2,1H3,(H2,54,56)(H,63,64). The maximum atomic E-state index is 13.3. The summed E-state index contributed by atoms with van der Waals surface area (Å²) in [5.41, 5.74) is 2.33. The molecule has 20 heteroatoms. The van der Waals surface area contributed by atoms with E-state index < -0.39 is 70.9 Å². The Morgan fingerprint density at radius 3 is 2.47 bits per heavy atom. The number of nitrogens with two attached hydrogens (primary N) is 1. The lowest BCUT2D eigenvalue weighted by Gasteiger charge is -2.57. The van der Waals surface area contributed by atoms with Crippen LogP contribution in [-0.4, -0.2) is 124 Å². The highest BCUT2D eigenvalue weighted by atomic mass is 16.7. The average molecular weight is 985 g/mol. The van der Waals surface area contributed by atoms with E-state index in [1.54, 1.807) is 48.5 Å². The van der Waals surface area contributed by atoms with E-state index in [-0.39, 0.29) is 71.1 Å². The maximum absolute atomic E-state index is 13.3. The molecule has 3 aromatic carbocycles. The van der Waals surface area contributed by atoms with Crippen LogP contribution in [0.15, 0.2) is 112 Å². The Balaban J connectivity index is 1.06. The number of aromatic hydroxyl groups is 2. The highest BCUT2D eigenvalue weighted by Crippen LogP contribution is 2.57. The summed E-state index contributed by atoms with van der Waals surface area (Å²) in [4.78, 5) is 29.8. The van der Waals surface area contributed by atoms with Crippen molar-refractivity contribution in [3.05, 3.63) is 125 Å². The number of phenolic OH excluding ortho intramolecular Hbond substituents is 2. The van der Waals surface area contributed by atoms with Crippen LogP contribution in [0, 0.1) is 11.3 Å². The lowest BCUT2D eigenvalue weighted by molar-refractivity contribution is -0.338. The Morgan fingerprint density at radius 2 is 1.79 bits per heavy atom. The van der Waals surface area contributed by atoms with Gasteiger partial charge in [-0.15, -0.1) is 0 Å². The van der Waals surface area contributed by atoms with Crippen LogP contribution in [0.1, 0.15) is 66.5 Å². The van der Waals surface area contributed by atoms with Gasteiger partial charge in [0.15, 0.2) is 23.2 Å². The molecule has 2 fully saturated rings. The minimum absolute atomic E-state index is 0.0111. The molecule has 10 rings (SSSR count). The molecule has 6 aliphatic rings. The zero-order valence-electron chi connectivity index (χ0n) is 38.8. The number of ether oxygens (including phenoxy) is 5. The van der Waals surface area contributed by atoms with Crippen LogP contribution in [0.3, 0.4) is 0 Å². The number of phenols is 2. The summed E-state index contributed by atoms with van der Waals surface area (Å²) in [7, 11) is 0. The lowest BCUT2D eigenvalue weighted by Crippen LogP contribution is -2.79. The molecule has 374 valence electrons. The number of hydrogen-bond donors (Lipinski definition) is 10. The van der Waals surface area contributed by atoms with Crippen LogP contribution in [0.4, 0.5) is 5.82 Å². The molecule has 8 unspecified atom stereocenters. The number of aliphatic hydroxyl groups excluding tert-OH is 3. The molecule has 0 amide bonds. The first kappa shape index (κ1) is 48.0. The summed E-state index contributed by atoms with van der Waals surface area (Å²) in [6, 6.07) is 16.1. The maximum Gasteiger partial charge on any atom is 0.336 e. The van der Waals surface area contributed by atoms with Crippen LogP contribution in [0.5, 0.6) is 34.5 Å². The van der Waals surface area contributed by atoms with Gasteiger partial charge in [0.25, 0.3) is 0 Å². The van der Waals surface area contributed by atoms with Crippen LogP contribution < -0.4 is 24.7 Å². The second kappa shape index (κ2) is 18.5. The van der Waals surface area contributed by atoms with E-state index in [4.69, 9.17) is 34.8 Å². The summed E-state index contributed by atoms with van der Waals surface area (Å²) in [6.07, 6.45) is 2.21. The predicted octanol–water partition coefficient (Wildman–Crippen LogP) is 4.54. The zero-order chi connectivity index (χ0) is 50.7. The molecule has 72 heavy (non-hydrogen) atoms. The number of aryl methyl sites for hydroxylation is 1. The second-order valence-corrected chi connectivity index (χ2v) is 18.7. The number of carbonyl (C=O) groups is 1. The van der Waals surface area contributed by atoms with Gasteiger partial charge in [-0.1, -0.05) is 30.7 Å². The molecule has 2 aliphatic carbocycles. The van der Waals surface area contributed by atoms with Crippen molar-refractivity contribution in [3.8, 4) is 34.5 Å². The Hall–Kier alpha value is -7.62. The lowest BCUT2D eigenvalue weighted by atomic mass is 9.60. The molecule has 4 aliphatic heterocycles. The van der Waals surface area contributed by atoms with Gasteiger partial charge in [-0.3, -0.25) is 10.4 Å². The second-order valence-electron chi connectivity index (χ2n) is 18.7. The number of aliphatic imine (C=N–C) groups is 3. The van der Waals surface area contributed by atoms with Crippen molar-refractivity contribution in [1.29, 1.82) is 5.41 Å². The number of aliphatic hydroxyl groups is 5. The first-order chi connectivity index (χ1) is 34.5. The van der Waals surface area contributed by atoms with Gasteiger partial charge in [0, 0.05) is 18.3 Å². The van der Waals surface area contributed by atoms with Gasteiger partial charge in [0.1, 0.15) is 82.7 Å². The van der Waals surface area contributed by atoms with E-state index in [0.29, 0.717) is 60.3 Å². The zero-order valence-corrected chi connectivity index (χ0v) is 38.8. The SMILES string of the molecule is CCc1cc(O)cc(C2(Oc3c(OC4OC(C(=O)O)C5(O)C(C6=NC=NC6)C(Cc6ccnc(N)c6)=CC4(O)C5O)cc4c(c3O)C(O)=CC(c3ccc(OCC(O)C5=NC(=N)C=C5)cc3)O4)CCCC2)c1. The summed E-state index contributed by atoms with van der Waals surface area (Å²) in [5, 5.41) is 102. The molecule has 0 spiro atoms. The number of anilines is 1. The number of fused-ring (bicyclic) bond motifs is 3. The molecular formula is C52H52N6O14. The fourth-order valence-corrected chi connectivity index (χ4v) is 10.5. The quantitative estimate of drug-likeness (QED) is 0.0731. The van der Waals surface area contributed by atoms with E-state index in [2.05, 4.69) is 20.0 Å². The molecule has 20 nitrogen and oxygen atoms in total. The van der Waals surface area contributed by atoms with Crippen molar-refractivity contribution < 1.29 is 69.3 Å². The molecular weight excluding hydrogens is 933 g/mol. The number of pyridine rings is 1. The van der Waals surface area contributed by atoms with Crippen molar-refractivity contribution in [1.82, 2.24) is 4.98 Å². The first-order valence-electron chi connectivity index (χ1n) is 23.4. The Bertz CT molecular complexity index is 3040. The number of nitrogen functional groups attached to an aromatic ring is 1. The molecule has 1 saturated carbocycles. The van der Waals surface area contributed by atoms with Gasteiger partial charge in [0.05, 0.1) is 23.9 Å². The van der Waals surface area contributed by atoms with Gasteiger partial charge >= 0.3 is 5.97 Å². The van der Waals surface area contributed by atoms with Crippen LogP contribution in [0.25, 0.3) is 5.76 Å². The largest absolute Gasteiger partial charge is 0.508 e. The number of nitrogens with one attached hydrogen (secondary N) is 1. The molecule has 1 aromatic heterocycles. The van der Waals surface area contributed by atoms with E-state index in [9.17, 15) is 45.6 Å². The summed E-state index contributed by atoms with van der Waals surface area (Å²) < 4.78 is 31.7. The van der Waals surface area contributed by atoms with Crippen LogP contribution in [-0.2, 0) is 28.0 Å². The molecule has 0 radical (unpaired) electrons. The van der Waals surface area contributed by atoms with Crippen molar-refractivity contribution in [2.24, 2.45) is 20.9 Å². The normalized spacial score (nSPS) is 27.2. The molecule has 2 bridgehead atoms. The molecule has 1 saturated heterocycles. The third-order valence-corrected chi connectivity index (χ3v) is 14.0. The van der Waals surface area contributed by atoms with E-state index >= 15 is 0 Å². The van der Waals surface area contributed by atoms with Crippen molar-refractivity contribution in [2.75, 3.05) is 18.9 Å². The highest BCUT2D eigenvalue weighted by molar-refractivity contribution is 6.15. The number of aromatic nitrogens is 1. The third-order valence-electron chi connectivity index (χ3n) is 14.0. The number of aliphatic carboxylic acids is 1. The van der Waals surface area contributed by atoms with Crippen molar-refractivity contribution in [3.63, 3.8) is 0 Å². The average Bonchev–Trinajstić information content (AvgIpc) is 4.16. The van der Waals surface area contributed by atoms with Gasteiger partial charge in [0.2, 0.25) is 12.0 Å². The number of carboxylic acids is 1. The van der Waals surface area contributed by atoms with E-state index in [1.807, 2.05) is 13.0 Å². The summed E-state index contributed by atoms with van der Waals surface area (Å²) in [6.45, 7) is 1.73. The Kier molecular flexibility index (Phi) is 12.4. The summed E-state index contributed by atoms with van der Waals surface area (Å²) in [5.74, 6) is -4.48. The number of hydrogen-bond acceptors (Lipinski definition) is 18.